The van der Waals surface area contributed by atoms with Crippen molar-refractivity contribution in [2.45, 2.75) is 46.2 Å². The molecule has 0 aliphatic carbocycles. The van der Waals surface area contributed by atoms with E-state index in [-0.39, 0.29) is 18.5 Å². The van der Waals surface area contributed by atoms with E-state index in [4.69, 9.17) is 5.11 Å². The molecule has 1 rings (SSSR count). The summed E-state index contributed by atoms with van der Waals surface area (Å²) in [6.45, 7) is 4.97. The van der Waals surface area contributed by atoms with E-state index in [1.54, 1.807) is 0 Å². The second-order valence-electron chi connectivity index (χ2n) is 4.15. The first-order chi connectivity index (χ1) is 8.42. The van der Waals surface area contributed by atoms with Gasteiger partial charge in [0.05, 0.1) is 0 Å². The minimum Gasteiger partial charge on any atom is -0.480 e. The Bertz CT molecular complexity index is 441. The van der Waals surface area contributed by atoms with Gasteiger partial charge in [-0.25, -0.2) is 9.67 Å². The molecule has 1 atom stereocenters. The van der Waals surface area contributed by atoms with E-state index in [0.717, 1.165) is 0 Å². The molecule has 0 aliphatic heterocycles. The molecule has 2 N–H and O–H groups in total. The molecule has 1 amide bonds. The SMILES string of the molecule is CCc1nc(CC(C)NC(C)=O)n(CC(=O)O)n1. The van der Waals surface area contributed by atoms with Gasteiger partial charge in [0.1, 0.15) is 12.4 Å². The summed E-state index contributed by atoms with van der Waals surface area (Å²) in [7, 11) is 0. The highest BCUT2D eigenvalue weighted by molar-refractivity contribution is 5.73. The van der Waals surface area contributed by atoms with Gasteiger partial charge in [0.2, 0.25) is 5.91 Å². The van der Waals surface area contributed by atoms with Crippen LogP contribution in [-0.2, 0) is 29.0 Å². The van der Waals surface area contributed by atoms with E-state index in [9.17, 15) is 9.59 Å². The van der Waals surface area contributed by atoms with Crippen LogP contribution in [0.5, 0.6) is 0 Å². The summed E-state index contributed by atoms with van der Waals surface area (Å²) in [5.74, 6) is 0.107. The van der Waals surface area contributed by atoms with Crippen molar-refractivity contribution in [1.29, 1.82) is 0 Å². The molecule has 0 saturated carbocycles. The first-order valence-corrected chi connectivity index (χ1v) is 5.83. The standard InChI is InChI=1S/C11H18N4O3/c1-4-9-13-10(5-7(2)12-8(3)16)15(14-9)6-11(17)18/h7H,4-6H2,1-3H3,(H,12,16)(H,17,18). The Labute approximate surface area is 105 Å². The van der Waals surface area contributed by atoms with Gasteiger partial charge in [-0.15, -0.1) is 0 Å². The highest BCUT2D eigenvalue weighted by Crippen LogP contribution is 2.04. The lowest BCUT2D eigenvalue weighted by Gasteiger charge is -2.11. The Balaban J connectivity index is 2.81. The zero-order valence-corrected chi connectivity index (χ0v) is 10.8. The zero-order chi connectivity index (χ0) is 13.7. The predicted octanol–water partition coefficient (Wildman–Crippen LogP) is -0.00780. The third kappa shape index (κ3) is 4.15. The minimum atomic E-state index is -0.962. The predicted molar refractivity (Wildman–Crippen MR) is 64.0 cm³/mol. The topological polar surface area (TPSA) is 97.1 Å². The van der Waals surface area contributed by atoms with Crippen LogP contribution in [0, 0.1) is 0 Å². The van der Waals surface area contributed by atoms with E-state index >= 15 is 0 Å². The van der Waals surface area contributed by atoms with Gasteiger partial charge in [-0.05, 0) is 6.92 Å². The lowest BCUT2D eigenvalue weighted by Crippen LogP contribution is -2.33. The van der Waals surface area contributed by atoms with Gasteiger partial charge < -0.3 is 10.4 Å². The number of aromatic nitrogens is 3. The van der Waals surface area contributed by atoms with Gasteiger partial charge in [-0.3, -0.25) is 9.59 Å². The summed E-state index contributed by atoms with van der Waals surface area (Å²) in [5, 5.41) is 15.6. The quantitative estimate of drug-likeness (QED) is 0.744. The third-order valence-corrected chi connectivity index (χ3v) is 2.33. The van der Waals surface area contributed by atoms with Crippen LogP contribution in [0.25, 0.3) is 0 Å². The number of nitrogens with one attached hydrogen (secondary N) is 1. The van der Waals surface area contributed by atoms with Crippen molar-refractivity contribution in [1.82, 2.24) is 20.1 Å². The molecule has 0 aliphatic rings. The molecule has 7 nitrogen and oxygen atoms in total. The Kier molecular flexibility index (Phi) is 4.82. The number of hydrogen-bond acceptors (Lipinski definition) is 4. The number of aliphatic carboxylic acids is 1. The molecule has 0 spiro atoms. The van der Waals surface area contributed by atoms with Crippen molar-refractivity contribution >= 4 is 11.9 Å². The molecular weight excluding hydrogens is 236 g/mol. The van der Waals surface area contributed by atoms with E-state index in [0.29, 0.717) is 24.5 Å². The highest BCUT2D eigenvalue weighted by Gasteiger charge is 2.14. The Morgan fingerprint density at radius 1 is 1.50 bits per heavy atom. The van der Waals surface area contributed by atoms with E-state index in [2.05, 4.69) is 15.4 Å². The zero-order valence-electron chi connectivity index (χ0n) is 10.8. The molecule has 100 valence electrons. The second-order valence-corrected chi connectivity index (χ2v) is 4.15. The van der Waals surface area contributed by atoms with Crippen LogP contribution in [-0.4, -0.2) is 37.8 Å². The average molecular weight is 254 g/mol. The van der Waals surface area contributed by atoms with Crippen LogP contribution in [0.3, 0.4) is 0 Å². The van der Waals surface area contributed by atoms with Crippen molar-refractivity contribution in [2.24, 2.45) is 0 Å². The van der Waals surface area contributed by atoms with Gasteiger partial charge in [0, 0.05) is 25.8 Å². The monoisotopic (exact) mass is 254 g/mol. The maximum Gasteiger partial charge on any atom is 0.325 e. The molecular formula is C11H18N4O3. The summed E-state index contributed by atoms with van der Waals surface area (Å²) < 4.78 is 1.37. The number of carboxylic acid groups (broad SMARTS) is 1. The fourth-order valence-corrected chi connectivity index (χ4v) is 1.65. The summed E-state index contributed by atoms with van der Waals surface area (Å²) in [6.07, 6.45) is 1.11. The van der Waals surface area contributed by atoms with Crippen LogP contribution in [0.4, 0.5) is 0 Å². The van der Waals surface area contributed by atoms with Gasteiger partial charge in [-0.1, -0.05) is 6.92 Å². The molecule has 1 aromatic rings. The number of carboxylic acids is 1. The molecule has 0 aromatic carbocycles. The summed E-state index contributed by atoms with van der Waals surface area (Å²) in [6, 6.07) is -0.107. The van der Waals surface area contributed by atoms with E-state index in [1.165, 1.54) is 11.6 Å². The maximum absolute atomic E-state index is 10.9. The number of amides is 1. The molecule has 0 bridgehead atoms. The molecule has 0 fully saturated rings. The van der Waals surface area contributed by atoms with E-state index in [1.807, 2.05) is 13.8 Å². The average Bonchev–Trinajstić information content (AvgIpc) is 2.58. The number of hydrogen-bond donors (Lipinski definition) is 2. The third-order valence-electron chi connectivity index (χ3n) is 2.33. The van der Waals surface area contributed by atoms with Crippen molar-refractivity contribution in [3.05, 3.63) is 11.6 Å². The summed E-state index contributed by atoms with van der Waals surface area (Å²) in [4.78, 5) is 25.9. The molecule has 1 heterocycles. The summed E-state index contributed by atoms with van der Waals surface area (Å²) in [5.41, 5.74) is 0. The fourth-order valence-electron chi connectivity index (χ4n) is 1.65. The van der Waals surface area contributed by atoms with Crippen LogP contribution in [0.15, 0.2) is 0 Å². The summed E-state index contributed by atoms with van der Waals surface area (Å²) >= 11 is 0. The van der Waals surface area contributed by atoms with Crippen molar-refractivity contribution in [3.63, 3.8) is 0 Å². The van der Waals surface area contributed by atoms with Gasteiger partial charge >= 0.3 is 5.97 Å². The molecule has 1 aromatic heterocycles. The fraction of sp³-hybridized carbons (Fsp3) is 0.636. The first-order valence-electron chi connectivity index (χ1n) is 5.83. The molecule has 1 unspecified atom stereocenters. The van der Waals surface area contributed by atoms with Crippen molar-refractivity contribution in [3.8, 4) is 0 Å². The van der Waals surface area contributed by atoms with Crippen LogP contribution < -0.4 is 5.32 Å². The molecule has 0 saturated heterocycles. The van der Waals surface area contributed by atoms with Gasteiger partial charge in [0.15, 0.2) is 5.82 Å². The smallest absolute Gasteiger partial charge is 0.325 e. The first kappa shape index (κ1) is 14.1. The Hall–Kier alpha value is -1.92. The van der Waals surface area contributed by atoms with Crippen LogP contribution in [0.1, 0.15) is 32.4 Å². The maximum atomic E-state index is 10.9. The largest absolute Gasteiger partial charge is 0.480 e. The van der Waals surface area contributed by atoms with Gasteiger partial charge in [-0.2, -0.15) is 5.10 Å². The molecule has 0 radical (unpaired) electrons. The number of aryl methyl sites for hydroxylation is 1. The van der Waals surface area contributed by atoms with E-state index < -0.39 is 5.97 Å². The Morgan fingerprint density at radius 3 is 2.67 bits per heavy atom. The number of carbonyl (C=O) groups excluding carboxylic acids is 1. The normalized spacial score (nSPS) is 12.2. The molecule has 18 heavy (non-hydrogen) atoms. The molecule has 7 heteroatoms. The lowest BCUT2D eigenvalue weighted by atomic mass is 10.2. The van der Waals surface area contributed by atoms with Crippen molar-refractivity contribution in [2.75, 3.05) is 0 Å². The number of nitrogens with zero attached hydrogens (tertiary/aromatic N) is 3. The Morgan fingerprint density at radius 2 is 2.17 bits per heavy atom. The number of rotatable bonds is 6. The second kappa shape index (κ2) is 6.13. The minimum absolute atomic E-state index is 0.107. The van der Waals surface area contributed by atoms with Gasteiger partial charge in [0.25, 0.3) is 0 Å². The van der Waals surface area contributed by atoms with Crippen LogP contribution >= 0.6 is 0 Å². The number of carbonyl (C=O) groups is 2. The van der Waals surface area contributed by atoms with Crippen molar-refractivity contribution < 1.29 is 14.7 Å². The van der Waals surface area contributed by atoms with Crippen LogP contribution in [0.2, 0.25) is 0 Å². The lowest BCUT2D eigenvalue weighted by molar-refractivity contribution is -0.138. The highest BCUT2D eigenvalue weighted by atomic mass is 16.4.